The second kappa shape index (κ2) is 8.37. The van der Waals surface area contributed by atoms with E-state index in [1.165, 1.54) is 0 Å². The van der Waals surface area contributed by atoms with Gasteiger partial charge in [-0.1, -0.05) is 17.7 Å². The third kappa shape index (κ3) is 3.92. The molecule has 0 aliphatic carbocycles. The molecule has 0 bridgehead atoms. The highest BCUT2D eigenvalue weighted by molar-refractivity contribution is 5.94. The van der Waals surface area contributed by atoms with Crippen LogP contribution in [0.25, 0.3) is 0 Å². The van der Waals surface area contributed by atoms with E-state index in [4.69, 9.17) is 0 Å². The van der Waals surface area contributed by atoms with Gasteiger partial charge in [-0.05, 0) is 57.5 Å². The van der Waals surface area contributed by atoms with E-state index < -0.39 is 5.54 Å². The molecule has 0 unspecified atom stereocenters. The Hall–Kier alpha value is -2.67. The second-order valence-electron chi connectivity index (χ2n) is 8.04. The number of hydrogen-bond donors (Lipinski definition) is 1. The number of piperidine rings is 1. The predicted octanol–water partition coefficient (Wildman–Crippen LogP) is 1.64. The molecule has 2 amide bonds. The standard InChI is InChI=1S/C22H29N5O2/c1-18-5-2-6-19(17-18)20(28)25-12-4-13-26(16-15-25)21(29)22(7-10-23-11-8-22)27-14-3-9-24-27/h2-3,5-6,9,14,17,23H,4,7-8,10-13,15-16H2,1H3. The van der Waals surface area contributed by atoms with E-state index in [0.717, 1.165) is 43.5 Å². The molecule has 0 saturated carbocycles. The first-order valence-electron chi connectivity index (χ1n) is 10.5. The van der Waals surface area contributed by atoms with Gasteiger partial charge in [-0.25, -0.2) is 0 Å². The number of nitrogens with one attached hydrogen (secondary N) is 1. The number of hydrogen-bond acceptors (Lipinski definition) is 4. The summed E-state index contributed by atoms with van der Waals surface area (Å²) in [5.74, 6) is 0.180. The van der Waals surface area contributed by atoms with Crippen molar-refractivity contribution in [3.63, 3.8) is 0 Å². The highest BCUT2D eigenvalue weighted by Crippen LogP contribution is 2.30. The molecule has 0 radical (unpaired) electrons. The summed E-state index contributed by atoms with van der Waals surface area (Å²) in [4.78, 5) is 30.4. The van der Waals surface area contributed by atoms with Crippen LogP contribution in [0.5, 0.6) is 0 Å². The number of nitrogens with zero attached hydrogens (tertiary/aromatic N) is 4. The SMILES string of the molecule is Cc1cccc(C(=O)N2CCCN(C(=O)C3(n4cccn4)CCNCC3)CC2)c1. The van der Waals surface area contributed by atoms with Gasteiger partial charge < -0.3 is 15.1 Å². The molecule has 2 aromatic rings. The van der Waals surface area contributed by atoms with Crippen LogP contribution in [-0.2, 0) is 10.3 Å². The van der Waals surface area contributed by atoms with Crippen molar-refractivity contribution in [1.82, 2.24) is 24.9 Å². The maximum absolute atomic E-state index is 13.7. The largest absolute Gasteiger partial charge is 0.339 e. The predicted molar refractivity (Wildman–Crippen MR) is 111 cm³/mol. The molecule has 0 atom stereocenters. The first kappa shape index (κ1) is 19.6. The number of carbonyl (C=O) groups is 2. The molecule has 154 valence electrons. The van der Waals surface area contributed by atoms with Crippen molar-refractivity contribution < 1.29 is 9.59 Å². The van der Waals surface area contributed by atoms with E-state index in [1.54, 1.807) is 6.20 Å². The van der Waals surface area contributed by atoms with E-state index >= 15 is 0 Å². The number of carbonyl (C=O) groups excluding carboxylic acids is 2. The quantitative estimate of drug-likeness (QED) is 0.858. The highest BCUT2D eigenvalue weighted by Gasteiger charge is 2.44. The number of amides is 2. The lowest BCUT2D eigenvalue weighted by atomic mass is 9.86. The number of aryl methyl sites for hydroxylation is 1. The Morgan fingerprint density at radius 3 is 2.52 bits per heavy atom. The summed E-state index contributed by atoms with van der Waals surface area (Å²) in [6.45, 7) is 6.07. The molecule has 2 aliphatic rings. The van der Waals surface area contributed by atoms with Crippen molar-refractivity contribution in [3.05, 3.63) is 53.9 Å². The average molecular weight is 396 g/mol. The number of benzene rings is 1. The van der Waals surface area contributed by atoms with Crippen LogP contribution >= 0.6 is 0 Å². The van der Waals surface area contributed by atoms with Crippen molar-refractivity contribution in [2.24, 2.45) is 0 Å². The minimum atomic E-state index is -0.621. The Kier molecular flexibility index (Phi) is 5.67. The third-order valence-electron chi connectivity index (χ3n) is 6.11. The summed E-state index contributed by atoms with van der Waals surface area (Å²) in [5.41, 5.74) is 1.18. The first-order chi connectivity index (χ1) is 14.1. The van der Waals surface area contributed by atoms with Gasteiger partial charge in [-0.2, -0.15) is 5.10 Å². The van der Waals surface area contributed by atoms with Crippen molar-refractivity contribution in [1.29, 1.82) is 0 Å². The molecule has 1 N–H and O–H groups in total. The summed E-state index contributed by atoms with van der Waals surface area (Å²) < 4.78 is 1.84. The van der Waals surface area contributed by atoms with Crippen LogP contribution in [0, 0.1) is 6.92 Å². The molecule has 1 aromatic heterocycles. The van der Waals surface area contributed by atoms with E-state index in [-0.39, 0.29) is 11.8 Å². The number of rotatable bonds is 3. The van der Waals surface area contributed by atoms with Crippen LogP contribution in [-0.4, -0.2) is 70.7 Å². The van der Waals surface area contributed by atoms with Gasteiger partial charge in [0.1, 0.15) is 5.54 Å². The van der Waals surface area contributed by atoms with E-state index in [0.29, 0.717) is 26.2 Å². The van der Waals surface area contributed by atoms with Gasteiger partial charge >= 0.3 is 0 Å². The van der Waals surface area contributed by atoms with E-state index in [2.05, 4.69) is 10.4 Å². The minimum Gasteiger partial charge on any atom is -0.339 e. The fourth-order valence-corrected chi connectivity index (χ4v) is 4.48. The van der Waals surface area contributed by atoms with E-state index in [1.807, 2.05) is 57.9 Å². The topological polar surface area (TPSA) is 70.5 Å². The van der Waals surface area contributed by atoms with Gasteiger partial charge in [0.15, 0.2) is 0 Å². The van der Waals surface area contributed by atoms with Crippen LogP contribution in [0.4, 0.5) is 0 Å². The van der Waals surface area contributed by atoms with Crippen LogP contribution in [0.15, 0.2) is 42.7 Å². The zero-order chi connectivity index (χ0) is 20.3. The molecule has 0 spiro atoms. The Morgan fingerprint density at radius 1 is 1.03 bits per heavy atom. The van der Waals surface area contributed by atoms with Gasteiger partial charge in [0.05, 0.1) is 0 Å². The van der Waals surface area contributed by atoms with Crippen molar-refractivity contribution in [3.8, 4) is 0 Å². The normalized spacial score (nSPS) is 19.6. The molecule has 3 heterocycles. The fourth-order valence-electron chi connectivity index (χ4n) is 4.48. The Morgan fingerprint density at radius 2 is 1.79 bits per heavy atom. The van der Waals surface area contributed by atoms with Gasteiger partial charge in [-0.15, -0.1) is 0 Å². The molecular formula is C22H29N5O2. The lowest BCUT2D eigenvalue weighted by Crippen LogP contribution is -2.56. The molecule has 2 saturated heterocycles. The molecule has 29 heavy (non-hydrogen) atoms. The minimum absolute atomic E-state index is 0.0478. The zero-order valence-corrected chi connectivity index (χ0v) is 17.0. The Bertz CT molecular complexity index is 858. The van der Waals surface area contributed by atoms with Crippen molar-refractivity contribution >= 4 is 11.8 Å². The fraction of sp³-hybridized carbons (Fsp3) is 0.500. The second-order valence-corrected chi connectivity index (χ2v) is 8.04. The maximum atomic E-state index is 13.7. The molecule has 1 aromatic carbocycles. The summed E-state index contributed by atoms with van der Waals surface area (Å²) in [7, 11) is 0. The first-order valence-corrected chi connectivity index (χ1v) is 10.5. The summed E-state index contributed by atoms with van der Waals surface area (Å²) in [6.07, 6.45) is 5.89. The summed E-state index contributed by atoms with van der Waals surface area (Å²) in [6, 6.07) is 9.58. The maximum Gasteiger partial charge on any atom is 0.253 e. The monoisotopic (exact) mass is 395 g/mol. The van der Waals surface area contributed by atoms with E-state index in [9.17, 15) is 9.59 Å². The molecule has 7 heteroatoms. The lowest BCUT2D eigenvalue weighted by molar-refractivity contribution is -0.143. The zero-order valence-electron chi connectivity index (χ0n) is 17.0. The Balaban J connectivity index is 1.49. The molecule has 4 rings (SSSR count). The van der Waals surface area contributed by atoms with Crippen molar-refractivity contribution in [2.75, 3.05) is 39.3 Å². The van der Waals surface area contributed by atoms with Crippen molar-refractivity contribution in [2.45, 2.75) is 31.7 Å². The van der Waals surface area contributed by atoms with Crippen LogP contribution in [0.3, 0.4) is 0 Å². The lowest BCUT2D eigenvalue weighted by Gasteiger charge is -2.40. The highest BCUT2D eigenvalue weighted by atomic mass is 16.2. The molecule has 2 fully saturated rings. The van der Waals surface area contributed by atoms with Crippen LogP contribution in [0.1, 0.15) is 35.2 Å². The van der Waals surface area contributed by atoms with Crippen LogP contribution < -0.4 is 5.32 Å². The summed E-state index contributed by atoms with van der Waals surface area (Å²) >= 11 is 0. The number of aromatic nitrogens is 2. The van der Waals surface area contributed by atoms with Gasteiger partial charge in [0.2, 0.25) is 0 Å². The van der Waals surface area contributed by atoms with Gasteiger partial charge in [-0.3, -0.25) is 14.3 Å². The van der Waals surface area contributed by atoms with Gasteiger partial charge in [0, 0.05) is 44.1 Å². The summed E-state index contributed by atoms with van der Waals surface area (Å²) in [5, 5.41) is 7.77. The average Bonchev–Trinajstić information content (AvgIpc) is 3.19. The molecular weight excluding hydrogens is 366 g/mol. The third-order valence-corrected chi connectivity index (χ3v) is 6.11. The Labute approximate surface area is 171 Å². The molecule has 7 nitrogen and oxygen atoms in total. The van der Waals surface area contributed by atoms with Crippen LogP contribution in [0.2, 0.25) is 0 Å². The van der Waals surface area contributed by atoms with Gasteiger partial charge in [0.25, 0.3) is 11.8 Å². The molecule has 2 aliphatic heterocycles. The smallest absolute Gasteiger partial charge is 0.253 e.